The molecule has 0 atom stereocenters. The lowest BCUT2D eigenvalue weighted by molar-refractivity contribution is -0.191. The summed E-state index contributed by atoms with van der Waals surface area (Å²) in [5, 5.41) is 7.87. The molecule has 12 heteroatoms. The van der Waals surface area contributed by atoms with Gasteiger partial charge in [-0.3, -0.25) is 4.79 Å². The summed E-state index contributed by atoms with van der Waals surface area (Å²) in [5.41, 5.74) is 3.74. The average Bonchev–Trinajstić information content (AvgIpc) is 3.58. The second-order valence-electron chi connectivity index (χ2n) is 8.89. The third kappa shape index (κ3) is 6.85. The number of carbonyl (C=O) groups excluding carboxylic acids is 3. The SMILES string of the molecule is CCC(=O)Nc1ccc(-c2sc(-n3cc(-c4cccc(F)c4)c(C)n3)nc2-c2ccc(C(F)(F)F)cc2)cc1.O=C=O. The van der Waals surface area contributed by atoms with Gasteiger partial charge in [0.25, 0.3) is 0 Å². The Morgan fingerprint density at radius 2 is 1.62 bits per heavy atom. The first-order valence-electron chi connectivity index (χ1n) is 12.4. The molecule has 0 aliphatic carbocycles. The number of nitrogens with zero attached hydrogens (tertiary/aromatic N) is 3. The van der Waals surface area contributed by atoms with Crippen LogP contribution in [0.5, 0.6) is 0 Å². The molecule has 1 N–H and O–H groups in total. The van der Waals surface area contributed by atoms with Crippen LogP contribution in [-0.4, -0.2) is 26.8 Å². The Labute approximate surface area is 241 Å². The van der Waals surface area contributed by atoms with Crippen molar-refractivity contribution in [1.29, 1.82) is 0 Å². The fourth-order valence-electron chi connectivity index (χ4n) is 4.07. The fourth-order valence-corrected chi connectivity index (χ4v) is 5.09. The number of hydrogen-bond donors (Lipinski definition) is 1. The monoisotopic (exact) mass is 594 g/mol. The number of aryl methyl sites for hydroxylation is 1. The summed E-state index contributed by atoms with van der Waals surface area (Å²) in [4.78, 5) is 33.5. The molecule has 42 heavy (non-hydrogen) atoms. The first kappa shape index (κ1) is 30.0. The highest BCUT2D eigenvalue weighted by molar-refractivity contribution is 7.18. The molecule has 0 saturated carbocycles. The van der Waals surface area contributed by atoms with E-state index in [1.807, 2.05) is 19.1 Å². The molecule has 0 aliphatic rings. The summed E-state index contributed by atoms with van der Waals surface area (Å²) in [7, 11) is 0. The maximum Gasteiger partial charge on any atom is 0.416 e. The van der Waals surface area contributed by atoms with Crippen molar-refractivity contribution < 1.29 is 31.9 Å². The highest BCUT2D eigenvalue weighted by Crippen LogP contribution is 2.40. The van der Waals surface area contributed by atoms with E-state index >= 15 is 0 Å². The van der Waals surface area contributed by atoms with E-state index in [9.17, 15) is 22.4 Å². The number of benzene rings is 3. The zero-order chi connectivity index (χ0) is 30.4. The average molecular weight is 595 g/mol. The van der Waals surface area contributed by atoms with Gasteiger partial charge >= 0.3 is 12.3 Å². The van der Waals surface area contributed by atoms with Gasteiger partial charge in [-0.2, -0.15) is 27.9 Å². The van der Waals surface area contributed by atoms with Crippen LogP contribution >= 0.6 is 11.3 Å². The molecule has 7 nitrogen and oxygen atoms in total. The molecule has 0 spiro atoms. The van der Waals surface area contributed by atoms with Gasteiger partial charge in [0.1, 0.15) is 5.82 Å². The van der Waals surface area contributed by atoms with Gasteiger partial charge in [-0.25, -0.2) is 14.1 Å². The molecule has 5 aromatic rings. The van der Waals surface area contributed by atoms with E-state index in [0.717, 1.165) is 28.1 Å². The molecular weight excluding hydrogens is 572 g/mol. The Morgan fingerprint density at radius 1 is 0.976 bits per heavy atom. The van der Waals surface area contributed by atoms with E-state index in [1.54, 1.807) is 42.1 Å². The first-order valence-corrected chi connectivity index (χ1v) is 13.3. The summed E-state index contributed by atoms with van der Waals surface area (Å²) in [6, 6.07) is 18.2. The van der Waals surface area contributed by atoms with Gasteiger partial charge in [-0.05, 0) is 54.4 Å². The summed E-state index contributed by atoms with van der Waals surface area (Å²) in [6.07, 6.45) is -2.10. The van der Waals surface area contributed by atoms with Gasteiger partial charge in [-0.15, -0.1) is 0 Å². The minimum atomic E-state index is -4.45. The Kier molecular flexibility index (Phi) is 9.09. The Balaban J connectivity index is 0.00000129. The number of thiazole rings is 1. The van der Waals surface area contributed by atoms with Crippen LogP contribution in [0, 0.1) is 12.7 Å². The highest BCUT2D eigenvalue weighted by Gasteiger charge is 2.30. The summed E-state index contributed by atoms with van der Waals surface area (Å²) in [6.45, 7) is 3.57. The third-order valence-electron chi connectivity index (χ3n) is 6.08. The maximum absolute atomic E-state index is 13.8. The van der Waals surface area contributed by atoms with E-state index in [2.05, 4.69) is 10.4 Å². The Morgan fingerprint density at radius 3 is 2.21 bits per heavy atom. The van der Waals surface area contributed by atoms with Crippen LogP contribution in [0.15, 0.2) is 79.0 Å². The third-order valence-corrected chi connectivity index (χ3v) is 7.18. The number of alkyl halides is 3. The van der Waals surface area contributed by atoms with E-state index in [-0.39, 0.29) is 17.9 Å². The summed E-state index contributed by atoms with van der Waals surface area (Å²) in [5.74, 6) is -0.476. The molecule has 2 aromatic heterocycles. The lowest BCUT2D eigenvalue weighted by atomic mass is 10.0. The van der Waals surface area contributed by atoms with Crippen LogP contribution < -0.4 is 5.32 Å². The van der Waals surface area contributed by atoms with Crippen molar-refractivity contribution in [3.05, 3.63) is 96.1 Å². The van der Waals surface area contributed by atoms with E-state index in [1.165, 1.54) is 35.6 Å². The molecule has 0 saturated heterocycles. The first-order chi connectivity index (χ1) is 20.0. The lowest BCUT2D eigenvalue weighted by Crippen LogP contribution is -2.08. The zero-order valence-electron chi connectivity index (χ0n) is 22.2. The van der Waals surface area contributed by atoms with Gasteiger partial charge in [0.15, 0.2) is 0 Å². The maximum atomic E-state index is 13.8. The van der Waals surface area contributed by atoms with Gasteiger partial charge < -0.3 is 5.32 Å². The normalized spacial score (nSPS) is 10.9. The molecule has 1 amide bonds. The number of amides is 1. The van der Waals surface area contributed by atoms with Crippen molar-refractivity contribution in [2.45, 2.75) is 26.4 Å². The molecule has 2 heterocycles. The number of aromatic nitrogens is 3. The molecular formula is C30H22F4N4O3S. The Bertz CT molecular complexity index is 1740. The van der Waals surface area contributed by atoms with Crippen molar-refractivity contribution in [2.75, 3.05) is 5.32 Å². The highest BCUT2D eigenvalue weighted by atomic mass is 32.1. The summed E-state index contributed by atoms with van der Waals surface area (Å²) >= 11 is 1.32. The number of nitrogens with one attached hydrogen (secondary N) is 1. The number of hydrogen-bond acceptors (Lipinski definition) is 6. The van der Waals surface area contributed by atoms with Gasteiger partial charge in [-0.1, -0.05) is 54.7 Å². The Hall–Kier alpha value is -4.93. The minimum absolute atomic E-state index is 0.114. The molecule has 3 aromatic carbocycles. The standard InChI is InChI=1S/C29H22F4N4OS.CO2/c1-3-25(38)34-23-13-9-19(10-14-23)27-26(18-7-11-21(12-8-18)29(31,32)33)35-28(39-27)37-16-24(17(2)36-37)20-5-4-6-22(30)15-20;2-1-3/h4-16H,3H2,1-2H3,(H,34,38);. The second-order valence-corrected chi connectivity index (χ2v) is 9.87. The molecule has 0 radical (unpaired) electrons. The topological polar surface area (TPSA) is 93.9 Å². The van der Waals surface area contributed by atoms with Crippen molar-refractivity contribution in [3.8, 4) is 38.0 Å². The fraction of sp³-hybridized carbons (Fsp3) is 0.133. The molecule has 0 unspecified atom stereocenters. The van der Waals surface area contributed by atoms with Gasteiger partial charge in [0, 0.05) is 29.4 Å². The van der Waals surface area contributed by atoms with E-state index < -0.39 is 11.7 Å². The molecule has 0 aliphatic heterocycles. The molecule has 214 valence electrons. The smallest absolute Gasteiger partial charge is 0.326 e. The number of carbonyl (C=O) groups is 1. The van der Waals surface area contributed by atoms with Crippen molar-refractivity contribution in [1.82, 2.24) is 14.8 Å². The predicted octanol–water partition coefficient (Wildman–Crippen LogP) is 7.56. The van der Waals surface area contributed by atoms with Crippen LogP contribution in [0.4, 0.5) is 23.2 Å². The summed E-state index contributed by atoms with van der Waals surface area (Å²) < 4.78 is 54.9. The predicted molar refractivity (Wildman–Crippen MR) is 149 cm³/mol. The van der Waals surface area contributed by atoms with Crippen LogP contribution in [0.25, 0.3) is 38.0 Å². The second kappa shape index (κ2) is 12.7. The van der Waals surface area contributed by atoms with Gasteiger partial charge in [0.05, 0.1) is 21.8 Å². The van der Waals surface area contributed by atoms with Crippen LogP contribution in [0.2, 0.25) is 0 Å². The zero-order valence-corrected chi connectivity index (χ0v) is 23.0. The quantitative estimate of drug-likeness (QED) is 0.205. The van der Waals surface area contributed by atoms with E-state index in [4.69, 9.17) is 14.6 Å². The number of rotatable bonds is 6. The van der Waals surface area contributed by atoms with Crippen LogP contribution in [0.3, 0.4) is 0 Å². The number of halogens is 4. The van der Waals surface area contributed by atoms with Crippen LogP contribution in [0.1, 0.15) is 24.6 Å². The molecule has 0 fully saturated rings. The molecule has 5 rings (SSSR count). The largest absolute Gasteiger partial charge is 0.416 e. The molecule has 0 bridgehead atoms. The van der Waals surface area contributed by atoms with E-state index in [0.29, 0.717) is 39.8 Å². The van der Waals surface area contributed by atoms with Crippen LogP contribution in [-0.2, 0) is 20.6 Å². The van der Waals surface area contributed by atoms with Crippen molar-refractivity contribution in [2.24, 2.45) is 0 Å². The van der Waals surface area contributed by atoms with Crippen molar-refractivity contribution >= 4 is 29.1 Å². The number of anilines is 1. The van der Waals surface area contributed by atoms with Gasteiger partial charge in [0.2, 0.25) is 11.0 Å². The van der Waals surface area contributed by atoms with Crippen molar-refractivity contribution in [3.63, 3.8) is 0 Å². The lowest BCUT2D eigenvalue weighted by Gasteiger charge is -2.08. The minimum Gasteiger partial charge on any atom is -0.326 e.